The van der Waals surface area contributed by atoms with Crippen LogP contribution in [0, 0.1) is 0 Å². The molecule has 20 heavy (non-hydrogen) atoms. The Kier molecular flexibility index (Phi) is 3.49. The Morgan fingerprint density at radius 3 is 3.00 bits per heavy atom. The van der Waals surface area contributed by atoms with Crippen molar-refractivity contribution in [3.8, 4) is 0 Å². The van der Waals surface area contributed by atoms with Crippen LogP contribution in [0.3, 0.4) is 0 Å². The van der Waals surface area contributed by atoms with Crippen molar-refractivity contribution in [2.75, 3.05) is 12.3 Å². The molecule has 1 aromatic heterocycles. The number of nitrogens with zero attached hydrogens (tertiary/aromatic N) is 3. The quantitative estimate of drug-likeness (QED) is 0.872. The largest absolute Gasteiger partial charge is 0.398 e. The maximum absolute atomic E-state index is 6.06. The van der Waals surface area contributed by atoms with Gasteiger partial charge < -0.3 is 5.73 Å². The van der Waals surface area contributed by atoms with Gasteiger partial charge in [-0.05, 0) is 37.5 Å². The lowest BCUT2D eigenvalue weighted by Crippen LogP contribution is -2.33. The summed E-state index contributed by atoms with van der Waals surface area (Å²) in [5.74, 6) is 0. The molecule has 1 atom stereocenters. The van der Waals surface area contributed by atoms with Gasteiger partial charge in [0.2, 0.25) is 0 Å². The maximum Gasteiger partial charge on any atom is 0.0537 e. The molecule has 1 aliphatic rings. The van der Waals surface area contributed by atoms with Crippen LogP contribution >= 0.6 is 0 Å². The van der Waals surface area contributed by atoms with Crippen LogP contribution in [-0.2, 0) is 19.5 Å². The van der Waals surface area contributed by atoms with Crippen LogP contribution in [-0.4, -0.2) is 21.2 Å². The number of aryl methyl sites for hydroxylation is 1. The number of rotatable bonds is 3. The minimum atomic E-state index is 0.393. The second-order valence-corrected chi connectivity index (χ2v) is 5.51. The standard InChI is InChI=1S/C16H22N4/c1-3-20-11-14(9-18-20)12(2)19-8-7-15-13(10-19)5-4-6-16(15)17/h4-6,9,11-12H,3,7-8,10,17H2,1-2H3. The van der Waals surface area contributed by atoms with E-state index in [9.17, 15) is 0 Å². The topological polar surface area (TPSA) is 47.1 Å². The van der Waals surface area contributed by atoms with Crippen molar-refractivity contribution < 1.29 is 0 Å². The zero-order chi connectivity index (χ0) is 14.1. The Balaban J connectivity index is 1.79. The Labute approximate surface area is 120 Å². The highest BCUT2D eigenvalue weighted by Crippen LogP contribution is 2.29. The summed E-state index contributed by atoms with van der Waals surface area (Å²) >= 11 is 0. The van der Waals surface area contributed by atoms with Gasteiger partial charge >= 0.3 is 0 Å². The molecular weight excluding hydrogens is 248 g/mol. The van der Waals surface area contributed by atoms with Crippen molar-refractivity contribution in [3.05, 3.63) is 47.3 Å². The Bertz CT molecular complexity index is 602. The first-order valence-corrected chi connectivity index (χ1v) is 7.31. The molecule has 4 heteroatoms. The SMILES string of the molecule is CCn1cc(C(C)N2CCc3c(N)cccc3C2)cn1. The number of hydrogen-bond acceptors (Lipinski definition) is 3. The highest BCUT2D eigenvalue weighted by atomic mass is 15.3. The summed E-state index contributed by atoms with van der Waals surface area (Å²) in [7, 11) is 0. The smallest absolute Gasteiger partial charge is 0.0537 e. The fourth-order valence-electron chi connectivity index (χ4n) is 2.97. The number of nitrogens with two attached hydrogens (primary N) is 1. The summed E-state index contributed by atoms with van der Waals surface area (Å²) in [6.45, 7) is 7.32. The number of nitrogen functional groups attached to an aromatic ring is 1. The van der Waals surface area contributed by atoms with Gasteiger partial charge in [-0.15, -0.1) is 0 Å². The Morgan fingerprint density at radius 2 is 2.25 bits per heavy atom. The first-order valence-electron chi connectivity index (χ1n) is 7.31. The molecule has 0 saturated carbocycles. The summed E-state index contributed by atoms with van der Waals surface area (Å²) < 4.78 is 1.99. The molecular formula is C16H22N4. The van der Waals surface area contributed by atoms with Crippen molar-refractivity contribution in [3.63, 3.8) is 0 Å². The molecule has 3 rings (SSSR count). The molecule has 2 heterocycles. The van der Waals surface area contributed by atoms with Gasteiger partial charge in [-0.2, -0.15) is 5.10 Å². The molecule has 2 aromatic rings. The van der Waals surface area contributed by atoms with Gasteiger partial charge in [0.1, 0.15) is 0 Å². The molecule has 4 nitrogen and oxygen atoms in total. The molecule has 1 aliphatic heterocycles. The number of anilines is 1. The van der Waals surface area contributed by atoms with Crippen LogP contribution in [0.4, 0.5) is 5.69 Å². The fourth-order valence-corrected chi connectivity index (χ4v) is 2.97. The van der Waals surface area contributed by atoms with Gasteiger partial charge in [0.05, 0.1) is 6.20 Å². The second kappa shape index (κ2) is 5.29. The van der Waals surface area contributed by atoms with Crippen molar-refractivity contribution in [2.45, 2.75) is 39.4 Å². The molecule has 0 bridgehead atoms. The molecule has 0 spiro atoms. The molecule has 0 amide bonds. The summed E-state index contributed by atoms with van der Waals surface area (Å²) in [5, 5.41) is 4.38. The van der Waals surface area contributed by atoms with Crippen LogP contribution in [0.1, 0.15) is 36.6 Å². The predicted molar refractivity (Wildman–Crippen MR) is 81.3 cm³/mol. The van der Waals surface area contributed by atoms with Crippen molar-refractivity contribution in [2.24, 2.45) is 0 Å². The minimum Gasteiger partial charge on any atom is -0.398 e. The lowest BCUT2D eigenvalue weighted by Gasteiger charge is -2.33. The van der Waals surface area contributed by atoms with Gasteiger partial charge in [-0.3, -0.25) is 9.58 Å². The summed E-state index contributed by atoms with van der Waals surface area (Å²) in [4.78, 5) is 2.50. The number of fused-ring (bicyclic) bond motifs is 1. The van der Waals surface area contributed by atoms with Crippen LogP contribution in [0.15, 0.2) is 30.6 Å². The number of hydrogen-bond donors (Lipinski definition) is 1. The summed E-state index contributed by atoms with van der Waals surface area (Å²) in [6, 6.07) is 6.64. The fraction of sp³-hybridized carbons (Fsp3) is 0.438. The normalized spacial score (nSPS) is 16.9. The lowest BCUT2D eigenvalue weighted by molar-refractivity contribution is 0.192. The van der Waals surface area contributed by atoms with E-state index in [1.807, 2.05) is 16.9 Å². The average Bonchev–Trinajstić information content (AvgIpc) is 2.95. The van der Waals surface area contributed by atoms with Crippen LogP contribution in [0.25, 0.3) is 0 Å². The van der Waals surface area contributed by atoms with Crippen molar-refractivity contribution >= 4 is 5.69 Å². The van der Waals surface area contributed by atoms with E-state index >= 15 is 0 Å². The monoisotopic (exact) mass is 270 g/mol. The van der Waals surface area contributed by atoms with E-state index in [0.717, 1.165) is 31.7 Å². The first-order chi connectivity index (χ1) is 9.69. The van der Waals surface area contributed by atoms with E-state index in [1.165, 1.54) is 16.7 Å². The summed E-state index contributed by atoms with van der Waals surface area (Å²) in [6.07, 6.45) is 5.18. The maximum atomic E-state index is 6.06. The van der Waals surface area contributed by atoms with Gasteiger partial charge in [-0.25, -0.2) is 0 Å². The third-order valence-electron chi connectivity index (χ3n) is 4.34. The molecule has 0 aliphatic carbocycles. The Hall–Kier alpha value is -1.81. The molecule has 0 radical (unpaired) electrons. The van der Waals surface area contributed by atoms with E-state index in [2.05, 4.69) is 42.2 Å². The number of aromatic nitrogens is 2. The van der Waals surface area contributed by atoms with E-state index < -0.39 is 0 Å². The molecule has 1 aromatic carbocycles. The molecule has 1 unspecified atom stereocenters. The predicted octanol–water partition coefficient (Wildman–Crippen LogP) is 2.60. The zero-order valence-corrected chi connectivity index (χ0v) is 12.2. The number of benzene rings is 1. The third kappa shape index (κ3) is 2.31. The van der Waals surface area contributed by atoms with Gasteiger partial charge in [0, 0.05) is 43.1 Å². The summed E-state index contributed by atoms with van der Waals surface area (Å²) in [5.41, 5.74) is 11.0. The van der Waals surface area contributed by atoms with E-state index in [4.69, 9.17) is 5.73 Å². The third-order valence-corrected chi connectivity index (χ3v) is 4.34. The molecule has 0 saturated heterocycles. The van der Waals surface area contributed by atoms with Crippen molar-refractivity contribution in [1.29, 1.82) is 0 Å². The minimum absolute atomic E-state index is 0.393. The van der Waals surface area contributed by atoms with Crippen molar-refractivity contribution in [1.82, 2.24) is 14.7 Å². The molecule has 2 N–H and O–H groups in total. The Morgan fingerprint density at radius 1 is 1.40 bits per heavy atom. The second-order valence-electron chi connectivity index (χ2n) is 5.51. The van der Waals surface area contributed by atoms with Crippen LogP contribution in [0.5, 0.6) is 0 Å². The van der Waals surface area contributed by atoms with E-state index in [0.29, 0.717) is 6.04 Å². The highest BCUT2D eigenvalue weighted by molar-refractivity contribution is 5.51. The van der Waals surface area contributed by atoms with Gasteiger partial charge in [0.25, 0.3) is 0 Å². The lowest BCUT2D eigenvalue weighted by atomic mass is 9.96. The van der Waals surface area contributed by atoms with Crippen LogP contribution < -0.4 is 5.73 Å². The molecule has 0 fully saturated rings. The van der Waals surface area contributed by atoms with Gasteiger partial charge in [-0.1, -0.05) is 12.1 Å². The zero-order valence-electron chi connectivity index (χ0n) is 12.2. The first kappa shape index (κ1) is 13.2. The average molecular weight is 270 g/mol. The highest BCUT2D eigenvalue weighted by Gasteiger charge is 2.23. The van der Waals surface area contributed by atoms with E-state index in [-0.39, 0.29) is 0 Å². The van der Waals surface area contributed by atoms with Gasteiger partial charge in [0.15, 0.2) is 0 Å². The van der Waals surface area contributed by atoms with Crippen LogP contribution in [0.2, 0.25) is 0 Å². The molecule has 106 valence electrons. The van der Waals surface area contributed by atoms with E-state index in [1.54, 1.807) is 0 Å².